The molecule has 3 rings (SSSR count). The lowest BCUT2D eigenvalue weighted by atomic mass is 9.98. The Morgan fingerprint density at radius 1 is 1.38 bits per heavy atom. The van der Waals surface area contributed by atoms with Crippen LogP contribution in [0.5, 0.6) is 0 Å². The van der Waals surface area contributed by atoms with E-state index >= 15 is 0 Å². The third-order valence-electron chi connectivity index (χ3n) is 4.89. The summed E-state index contributed by atoms with van der Waals surface area (Å²) in [5.41, 5.74) is 0.442. The largest absolute Gasteiger partial charge is 0.444 e. The van der Waals surface area contributed by atoms with Crippen LogP contribution in [-0.2, 0) is 23.0 Å². The fourth-order valence-electron chi connectivity index (χ4n) is 3.45. The first-order valence-electron chi connectivity index (χ1n) is 9.81. The predicted octanol–water partition coefficient (Wildman–Crippen LogP) is 2.34. The number of carbonyl (C=O) groups excluding carboxylic acids is 2. The summed E-state index contributed by atoms with van der Waals surface area (Å²) in [6.45, 7) is 6.17. The number of rotatable bonds is 6. The summed E-state index contributed by atoms with van der Waals surface area (Å²) in [6.07, 6.45) is 9.02. The van der Waals surface area contributed by atoms with Crippen LogP contribution in [0.25, 0.3) is 0 Å². The minimum atomic E-state index is -0.781. The van der Waals surface area contributed by atoms with Gasteiger partial charge in [0.1, 0.15) is 11.6 Å². The molecule has 1 N–H and O–H groups in total. The zero-order chi connectivity index (χ0) is 21.2. The third kappa shape index (κ3) is 4.94. The van der Waals surface area contributed by atoms with Crippen LogP contribution in [0.3, 0.4) is 0 Å². The maximum Gasteiger partial charge on any atom is 0.411 e. The molecule has 3 heterocycles. The Hall–Kier alpha value is -2.89. The van der Waals surface area contributed by atoms with Gasteiger partial charge >= 0.3 is 6.09 Å². The maximum absolute atomic E-state index is 13.1. The molecule has 2 aliphatic rings. The predicted molar refractivity (Wildman–Crippen MR) is 106 cm³/mol. The van der Waals surface area contributed by atoms with Gasteiger partial charge in [0.05, 0.1) is 5.69 Å². The van der Waals surface area contributed by atoms with E-state index in [1.807, 2.05) is 0 Å². The monoisotopic (exact) mass is 400 g/mol. The van der Waals surface area contributed by atoms with Crippen molar-refractivity contribution in [3.05, 3.63) is 17.5 Å². The molecule has 0 saturated heterocycles. The van der Waals surface area contributed by atoms with Crippen LogP contribution >= 0.6 is 0 Å². The fraction of sp³-hybridized carbons (Fsp3) is 0.650. The van der Waals surface area contributed by atoms with E-state index in [0.29, 0.717) is 38.8 Å². The number of ether oxygens (including phenoxy) is 1. The second-order valence-electron chi connectivity index (χ2n) is 8.46. The first kappa shape index (κ1) is 20.8. The summed E-state index contributed by atoms with van der Waals surface area (Å²) in [4.78, 5) is 27.3. The van der Waals surface area contributed by atoms with E-state index in [1.165, 1.54) is 4.90 Å². The molecule has 0 saturated carbocycles. The summed E-state index contributed by atoms with van der Waals surface area (Å²) in [5, 5.41) is 15.5. The molecule has 1 unspecified atom stereocenters. The molecule has 1 aromatic rings. The van der Waals surface area contributed by atoms with Gasteiger partial charge in [-0.15, -0.1) is 12.3 Å². The minimum absolute atomic E-state index is 0.266. The van der Waals surface area contributed by atoms with Gasteiger partial charge in [-0.05, 0) is 20.8 Å². The number of aromatic nitrogens is 2. The molecular weight excluding hydrogens is 372 g/mol. The number of fused-ring (bicyclic) bond motifs is 1. The highest BCUT2D eigenvalue weighted by atomic mass is 16.6. The molecule has 1 aromatic heterocycles. The molecule has 2 amide bonds. The summed E-state index contributed by atoms with van der Waals surface area (Å²) in [5.74, 6) is 2.32. The van der Waals surface area contributed by atoms with Crippen LogP contribution < -0.4 is 5.32 Å². The van der Waals surface area contributed by atoms with Gasteiger partial charge in [0.15, 0.2) is 5.66 Å². The molecule has 156 valence electrons. The van der Waals surface area contributed by atoms with Crippen molar-refractivity contribution in [3.8, 4) is 12.3 Å². The first-order valence-corrected chi connectivity index (χ1v) is 9.81. The highest BCUT2D eigenvalue weighted by Gasteiger charge is 2.41. The molecule has 9 nitrogen and oxygen atoms in total. The van der Waals surface area contributed by atoms with Crippen molar-refractivity contribution in [2.75, 3.05) is 13.1 Å². The lowest BCUT2D eigenvalue weighted by molar-refractivity contribution is -0.127. The van der Waals surface area contributed by atoms with Crippen LogP contribution in [-0.4, -0.2) is 51.0 Å². The molecule has 0 spiro atoms. The van der Waals surface area contributed by atoms with E-state index in [4.69, 9.17) is 11.2 Å². The quantitative estimate of drug-likeness (QED) is 0.741. The van der Waals surface area contributed by atoms with Crippen molar-refractivity contribution >= 4 is 12.0 Å². The van der Waals surface area contributed by atoms with Crippen molar-refractivity contribution < 1.29 is 14.3 Å². The third-order valence-corrected chi connectivity index (χ3v) is 4.89. The lowest BCUT2D eigenvalue weighted by Crippen LogP contribution is -2.49. The number of amides is 2. The number of nitrogens with one attached hydrogen (secondary N) is 1. The molecule has 29 heavy (non-hydrogen) atoms. The number of carbonyl (C=O) groups is 2. The lowest BCUT2D eigenvalue weighted by Gasteiger charge is -2.35. The van der Waals surface area contributed by atoms with E-state index in [-0.39, 0.29) is 5.91 Å². The average Bonchev–Trinajstić information content (AvgIpc) is 3.29. The zero-order valence-electron chi connectivity index (χ0n) is 17.4. The number of aryl methyl sites for hydroxylation is 1. The second kappa shape index (κ2) is 7.85. The van der Waals surface area contributed by atoms with Gasteiger partial charge in [-0.1, -0.05) is 0 Å². The van der Waals surface area contributed by atoms with Crippen molar-refractivity contribution in [2.45, 2.75) is 63.8 Å². The molecule has 2 aliphatic heterocycles. The van der Waals surface area contributed by atoms with Crippen molar-refractivity contribution in [2.24, 2.45) is 17.3 Å². The SMILES string of the molecule is C#CCCC1(CCNC(=O)C2c3cn(C)nc3CCN2C(=O)OC(C)(C)C)N=N1. The Kier molecular flexibility index (Phi) is 5.64. The molecule has 0 aliphatic carbocycles. The molecule has 0 radical (unpaired) electrons. The van der Waals surface area contributed by atoms with Gasteiger partial charge < -0.3 is 10.1 Å². The number of hydrogen-bond donors (Lipinski definition) is 1. The Morgan fingerprint density at radius 2 is 2.10 bits per heavy atom. The normalized spacial score (nSPS) is 19.3. The van der Waals surface area contributed by atoms with E-state index in [2.05, 4.69) is 26.6 Å². The van der Waals surface area contributed by atoms with E-state index in [9.17, 15) is 9.59 Å². The van der Waals surface area contributed by atoms with Gasteiger partial charge in [-0.25, -0.2) is 4.79 Å². The number of terminal acetylenes is 1. The van der Waals surface area contributed by atoms with Crippen molar-refractivity contribution in [1.29, 1.82) is 0 Å². The van der Waals surface area contributed by atoms with Gasteiger partial charge in [0, 0.05) is 57.6 Å². The van der Waals surface area contributed by atoms with Crippen LogP contribution in [0.15, 0.2) is 16.4 Å². The minimum Gasteiger partial charge on any atom is -0.444 e. The van der Waals surface area contributed by atoms with Gasteiger partial charge in [0.25, 0.3) is 0 Å². The molecular formula is C20H28N6O3. The average molecular weight is 400 g/mol. The zero-order valence-corrected chi connectivity index (χ0v) is 17.4. The topological polar surface area (TPSA) is 101 Å². The number of hydrogen-bond acceptors (Lipinski definition) is 6. The Labute approximate surface area is 170 Å². The molecule has 0 bridgehead atoms. The molecule has 9 heteroatoms. The van der Waals surface area contributed by atoms with Crippen LogP contribution in [0.2, 0.25) is 0 Å². The maximum atomic E-state index is 13.1. The van der Waals surface area contributed by atoms with E-state index in [1.54, 1.807) is 38.7 Å². The molecule has 0 aromatic carbocycles. The smallest absolute Gasteiger partial charge is 0.411 e. The molecule has 1 atom stereocenters. The summed E-state index contributed by atoms with van der Waals surface area (Å²) >= 11 is 0. The van der Waals surface area contributed by atoms with Crippen molar-refractivity contribution in [1.82, 2.24) is 20.0 Å². The van der Waals surface area contributed by atoms with Crippen LogP contribution in [0, 0.1) is 12.3 Å². The summed E-state index contributed by atoms with van der Waals surface area (Å²) in [6, 6.07) is -0.781. The molecule has 0 fully saturated rings. The fourth-order valence-corrected chi connectivity index (χ4v) is 3.45. The number of nitrogens with zero attached hydrogens (tertiary/aromatic N) is 5. The Balaban J connectivity index is 1.70. The van der Waals surface area contributed by atoms with Gasteiger partial charge in [-0.2, -0.15) is 15.3 Å². The Morgan fingerprint density at radius 3 is 2.72 bits per heavy atom. The van der Waals surface area contributed by atoms with E-state index < -0.39 is 23.4 Å². The summed E-state index contributed by atoms with van der Waals surface area (Å²) < 4.78 is 7.19. The Bertz CT molecular complexity index is 855. The van der Waals surface area contributed by atoms with E-state index in [0.717, 1.165) is 11.3 Å². The van der Waals surface area contributed by atoms with Gasteiger partial charge in [-0.3, -0.25) is 14.4 Å². The highest BCUT2D eigenvalue weighted by Crippen LogP contribution is 2.36. The standard InChI is InChI=1S/C20H28N6O3/c1-6-7-9-20(23-24-20)10-11-21-17(27)16-14-13-25(5)22-15(14)8-12-26(16)18(28)29-19(2,3)4/h1,13,16H,7-12H2,2-5H3,(H,21,27). The highest BCUT2D eigenvalue weighted by molar-refractivity contribution is 5.87. The first-order chi connectivity index (χ1) is 13.6. The van der Waals surface area contributed by atoms with Crippen molar-refractivity contribution in [3.63, 3.8) is 0 Å². The van der Waals surface area contributed by atoms with Gasteiger partial charge in [0.2, 0.25) is 5.91 Å². The second-order valence-corrected chi connectivity index (χ2v) is 8.46. The summed E-state index contributed by atoms with van der Waals surface area (Å²) in [7, 11) is 1.80. The van der Waals surface area contributed by atoms with Crippen LogP contribution in [0.4, 0.5) is 4.79 Å². The van der Waals surface area contributed by atoms with Crippen LogP contribution in [0.1, 0.15) is 57.3 Å².